The zero-order valence-electron chi connectivity index (χ0n) is 5.07. The Morgan fingerprint density at radius 2 is 2.50 bits per heavy atom. The molecule has 1 unspecified atom stereocenters. The SMILES string of the molecule is O=NC(Cl)c1cccnc1. The molecule has 0 fully saturated rings. The van der Waals surface area contributed by atoms with Crippen LogP contribution in [0.2, 0.25) is 0 Å². The second-order valence-corrected chi connectivity index (χ2v) is 2.14. The highest BCUT2D eigenvalue weighted by molar-refractivity contribution is 6.20. The molecule has 52 valence electrons. The van der Waals surface area contributed by atoms with Gasteiger partial charge in [0.15, 0.2) is 5.50 Å². The third-order valence-corrected chi connectivity index (χ3v) is 1.38. The average molecular weight is 157 g/mol. The van der Waals surface area contributed by atoms with E-state index in [0.29, 0.717) is 5.56 Å². The molecule has 0 saturated heterocycles. The van der Waals surface area contributed by atoms with Crippen molar-refractivity contribution >= 4 is 11.6 Å². The second-order valence-electron chi connectivity index (χ2n) is 1.73. The summed E-state index contributed by atoms with van der Waals surface area (Å²) in [5.41, 5.74) is -0.187. The number of nitrogens with zero attached hydrogens (tertiary/aromatic N) is 2. The lowest BCUT2D eigenvalue weighted by Crippen LogP contribution is -1.84. The Morgan fingerprint density at radius 1 is 1.70 bits per heavy atom. The van der Waals surface area contributed by atoms with E-state index in [1.54, 1.807) is 18.3 Å². The van der Waals surface area contributed by atoms with Gasteiger partial charge in [-0.3, -0.25) is 4.98 Å². The van der Waals surface area contributed by atoms with Crippen molar-refractivity contribution in [1.29, 1.82) is 0 Å². The van der Waals surface area contributed by atoms with Gasteiger partial charge in [-0.25, -0.2) is 0 Å². The molecule has 0 amide bonds. The first-order valence-electron chi connectivity index (χ1n) is 2.71. The Morgan fingerprint density at radius 3 is 3.00 bits per heavy atom. The van der Waals surface area contributed by atoms with Crippen LogP contribution in [-0.4, -0.2) is 4.98 Å². The summed E-state index contributed by atoms with van der Waals surface area (Å²) in [6.45, 7) is 0. The molecular weight excluding hydrogens is 152 g/mol. The van der Waals surface area contributed by atoms with Crippen molar-refractivity contribution in [1.82, 2.24) is 4.98 Å². The lowest BCUT2D eigenvalue weighted by Gasteiger charge is -1.96. The van der Waals surface area contributed by atoms with Crippen molar-refractivity contribution in [3.8, 4) is 0 Å². The lowest BCUT2D eigenvalue weighted by atomic mass is 10.3. The number of aromatic nitrogens is 1. The Bertz CT molecular complexity index is 214. The van der Waals surface area contributed by atoms with Gasteiger partial charge in [-0.1, -0.05) is 17.7 Å². The highest BCUT2D eigenvalue weighted by atomic mass is 35.5. The topological polar surface area (TPSA) is 42.3 Å². The van der Waals surface area contributed by atoms with Gasteiger partial charge in [0.05, 0.1) is 0 Å². The molecule has 1 heterocycles. The van der Waals surface area contributed by atoms with Gasteiger partial charge in [-0.05, 0) is 11.2 Å². The molecule has 0 aromatic carbocycles. The minimum Gasteiger partial charge on any atom is -0.264 e. The van der Waals surface area contributed by atoms with Crippen molar-refractivity contribution < 1.29 is 0 Å². The number of alkyl halides is 1. The summed E-state index contributed by atoms with van der Waals surface area (Å²) in [7, 11) is 0. The maximum absolute atomic E-state index is 9.90. The maximum atomic E-state index is 9.90. The Balaban J connectivity index is 2.84. The minimum absolute atomic E-state index is 0.624. The van der Waals surface area contributed by atoms with E-state index in [1.807, 2.05) is 0 Å². The van der Waals surface area contributed by atoms with Crippen LogP contribution in [0.3, 0.4) is 0 Å². The van der Waals surface area contributed by atoms with Crippen molar-refractivity contribution in [3.05, 3.63) is 35.0 Å². The van der Waals surface area contributed by atoms with E-state index in [1.165, 1.54) is 6.20 Å². The number of rotatable bonds is 2. The molecule has 0 saturated carbocycles. The molecule has 1 atom stereocenters. The summed E-state index contributed by atoms with van der Waals surface area (Å²) in [6, 6.07) is 3.40. The van der Waals surface area contributed by atoms with Crippen molar-refractivity contribution in [2.45, 2.75) is 5.50 Å². The van der Waals surface area contributed by atoms with Crippen molar-refractivity contribution in [2.75, 3.05) is 0 Å². The third-order valence-electron chi connectivity index (χ3n) is 1.05. The molecule has 10 heavy (non-hydrogen) atoms. The van der Waals surface area contributed by atoms with E-state index in [0.717, 1.165) is 0 Å². The van der Waals surface area contributed by atoms with Crippen LogP contribution in [0.25, 0.3) is 0 Å². The van der Waals surface area contributed by atoms with E-state index in [4.69, 9.17) is 11.6 Å². The average Bonchev–Trinajstić information content (AvgIpc) is 2.05. The number of nitroso groups, excluding NO2 is 1. The largest absolute Gasteiger partial charge is 0.264 e. The minimum atomic E-state index is -0.811. The molecule has 0 aliphatic rings. The molecule has 0 N–H and O–H groups in total. The zero-order chi connectivity index (χ0) is 7.40. The molecule has 4 heteroatoms. The summed E-state index contributed by atoms with van der Waals surface area (Å²) >= 11 is 5.47. The highest BCUT2D eigenvalue weighted by Gasteiger charge is 2.04. The predicted molar refractivity (Wildman–Crippen MR) is 38.6 cm³/mol. The molecule has 1 rings (SSSR count). The van der Waals surface area contributed by atoms with Crippen LogP contribution in [0, 0.1) is 4.91 Å². The quantitative estimate of drug-likeness (QED) is 0.374. The van der Waals surface area contributed by atoms with Crippen LogP contribution in [0.5, 0.6) is 0 Å². The Kier molecular flexibility index (Phi) is 2.34. The molecular formula is C6H5ClN2O. The van der Waals surface area contributed by atoms with Crippen LogP contribution in [-0.2, 0) is 0 Å². The second kappa shape index (κ2) is 3.27. The van der Waals surface area contributed by atoms with Gasteiger partial charge in [-0.2, -0.15) is 0 Å². The lowest BCUT2D eigenvalue weighted by molar-refractivity contribution is 0.989. The summed E-state index contributed by atoms with van der Waals surface area (Å²) in [5.74, 6) is 0. The predicted octanol–water partition coefficient (Wildman–Crippen LogP) is 2.09. The van der Waals surface area contributed by atoms with Crippen LogP contribution in [0.15, 0.2) is 29.7 Å². The van der Waals surface area contributed by atoms with Crippen LogP contribution in [0.4, 0.5) is 0 Å². The zero-order valence-corrected chi connectivity index (χ0v) is 5.82. The monoisotopic (exact) mass is 156 g/mol. The highest BCUT2D eigenvalue weighted by Crippen LogP contribution is 2.19. The molecule has 3 nitrogen and oxygen atoms in total. The molecule has 1 aromatic rings. The van der Waals surface area contributed by atoms with Crippen LogP contribution in [0.1, 0.15) is 11.1 Å². The fourth-order valence-corrected chi connectivity index (χ4v) is 0.707. The summed E-state index contributed by atoms with van der Waals surface area (Å²) < 4.78 is 0. The van der Waals surface area contributed by atoms with Gasteiger partial charge in [0.1, 0.15) is 0 Å². The molecule has 1 aromatic heterocycles. The van der Waals surface area contributed by atoms with Gasteiger partial charge in [0, 0.05) is 18.0 Å². The molecule has 0 bridgehead atoms. The summed E-state index contributed by atoms with van der Waals surface area (Å²) in [4.78, 5) is 13.7. The first-order valence-corrected chi connectivity index (χ1v) is 3.14. The van der Waals surface area contributed by atoms with Crippen LogP contribution >= 0.6 is 11.6 Å². The van der Waals surface area contributed by atoms with Gasteiger partial charge in [-0.15, -0.1) is 4.91 Å². The molecule has 0 spiro atoms. The Labute approximate surface area is 63.0 Å². The molecule has 0 radical (unpaired) electrons. The van der Waals surface area contributed by atoms with Crippen molar-refractivity contribution in [3.63, 3.8) is 0 Å². The first kappa shape index (κ1) is 7.15. The van der Waals surface area contributed by atoms with Gasteiger partial charge in [0.2, 0.25) is 0 Å². The number of halogens is 1. The van der Waals surface area contributed by atoms with Gasteiger partial charge >= 0.3 is 0 Å². The van der Waals surface area contributed by atoms with Gasteiger partial charge < -0.3 is 0 Å². The first-order chi connectivity index (χ1) is 4.84. The van der Waals surface area contributed by atoms with E-state index < -0.39 is 5.50 Å². The fourth-order valence-electron chi connectivity index (χ4n) is 0.578. The summed E-state index contributed by atoms with van der Waals surface area (Å²) in [5, 5.41) is 2.63. The number of hydrogen-bond donors (Lipinski definition) is 0. The summed E-state index contributed by atoms with van der Waals surface area (Å²) in [6.07, 6.45) is 3.12. The van der Waals surface area contributed by atoms with Crippen LogP contribution < -0.4 is 0 Å². The standard InChI is InChI=1S/C6H5ClN2O/c7-6(9-10)5-2-1-3-8-4-5/h1-4,6H. The fraction of sp³-hybridized carbons (Fsp3) is 0.167. The van der Waals surface area contributed by atoms with Gasteiger partial charge in [0.25, 0.3) is 0 Å². The smallest absolute Gasteiger partial charge is 0.191 e. The third kappa shape index (κ3) is 1.51. The Hall–Kier alpha value is -0.960. The van der Waals surface area contributed by atoms with E-state index >= 15 is 0 Å². The van der Waals surface area contributed by atoms with Crippen molar-refractivity contribution in [2.24, 2.45) is 5.18 Å². The number of hydrogen-bond acceptors (Lipinski definition) is 3. The maximum Gasteiger partial charge on any atom is 0.191 e. The number of pyridine rings is 1. The molecule has 0 aliphatic carbocycles. The molecule has 0 aliphatic heterocycles. The van der Waals surface area contributed by atoms with E-state index in [9.17, 15) is 4.91 Å². The van der Waals surface area contributed by atoms with E-state index in [2.05, 4.69) is 10.2 Å². The normalized spacial score (nSPS) is 12.5. The van der Waals surface area contributed by atoms with E-state index in [-0.39, 0.29) is 0 Å².